The predicted octanol–water partition coefficient (Wildman–Crippen LogP) is 31.0. The highest BCUT2D eigenvalue weighted by Crippen LogP contribution is 2.65. The van der Waals surface area contributed by atoms with Crippen LogP contribution in [0.25, 0.3) is 88.8 Å². The summed E-state index contributed by atoms with van der Waals surface area (Å²) in [5.41, 5.74) is 33.1. The van der Waals surface area contributed by atoms with Crippen molar-refractivity contribution in [2.24, 2.45) is 0 Å². The maximum Gasteiger partial charge on any atom is 0.0753 e. The fourth-order valence-corrected chi connectivity index (χ4v) is 14.5. The highest BCUT2D eigenvalue weighted by atomic mass is 14.7. The van der Waals surface area contributed by atoms with Gasteiger partial charge in [0.25, 0.3) is 0 Å². The summed E-state index contributed by atoms with van der Waals surface area (Å²) in [5.74, 6) is 0. The largest absolute Gasteiger partial charge is 0.256 e. The van der Waals surface area contributed by atoms with E-state index in [1.54, 1.807) is 0 Å². The lowest BCUT2D eigenvalue weighted by Gasteiger charge is -2.30. The molecule has 4 heterocycles. The van der Waals surface area contributed by atoms with Gasteiger partial charge in [0.1, 0.15) is 0 Å². The van der Waals surface area contributed by atoms with E-state index < -0.39 is 0 Å². The zero-order valence-electron chi connectivity index (χ0n) is 69.8. The van der Waals surface area contributed by atoms with Gasteiger partial charge in [0, 0.05) is 58.7 Å². The second kappa shape index (κ2) is 45.9. The molecule has 2 spiro atoms. The van der Waals surface area contributed by atoms with E-state index in [-0.39, 0.29) is 10.8 Å². The maximum absolute atomic E-state index is 4.90. The summed E-state index contributed by atoms with van der Waals surface area (Å²) >= 11 is 0. The Morgan fingerprint density at radius 2 is 0.596 bits per heavy atom. The van der Waals surface area contributed by atoms with Crippen molar-refractivity contribution in [3.63, 3.8) is 0 Å². The average molecular weight is 1390 g/mol. The number of fused-ring (bicyclic) bond motifs is 30. The van der Waals surface area contributed by atoms with Gasteiger partial charge in [0.15, 0.2) is 0 Å². The van der Waals surface area contributed by atoms with Gasteiger partial charge in [0.05, 0.1) is 33.3 Å². The Balaban J connectivity index is 0.000000390. The molecule has 0 saturated carbocycles. The van der Waals surface area contributed by atoms with Crippen molar-refractivity contribution < 1.29 is 0 Å². The predicted molar refractivity (Wildman–Crippen MR) is 465 cm³/mol. The van der Waals surface area contributed by atoms with Gasteiger partial charge in [-0.15, -0.1) is 0 Å². The summed E-state index contributed by atoms with van der Waals surface area (Å²) in [7, 11) is 0. The molecule has 4 nitrogen and oxygen atoms in total. The molecule has 0 N–H and O–H groups in total. The van der Waals surface area contributed by atoms with Gasteiger partial charge in [-0.1, -0.05) is 377 Å². The molecule has 0 amide bonds. The Kier molecular flexibility index (Phi) is 39.3. The standard InChI is InChI=1S/2C34H20N2.4C3H8.10C2H6/c1-4-11-28-21(8-1)26-18-24-20(16-25-22-9-3-6-14-32(22)36-19-27(24)25)17-31(26)34(28)29-12-5-2-10-23(29)33-30(34)13-7-15-35-33;1-3-10-28-23(8-1)26-19-25-21(17-27-22(25)14-13-20-7-5-15-35-32(20)27)18-31(26)34(28)29-11-4-2-9-24(29)33-30(34)12-6-16-36-33;4*1-3-2;10*1-2/h1-15,17-19H,16H2;1-16,18-19H,17H2;4*3H2,1-2H3;10*1-2H3. The summed E-state index contributed by atoms with van der Waals surface area (Å²) < 4.78 is 0. The summed E-state index contributed by atoms with van der Waals surface area (Å²) in [5, 5.41) is 2.48. The molecule has 2 unspecified atom stereocenters. The number of pyridine rings is 4. The Morgan fingerprint density at radius 1 is 0.260 bits per heavy atom. The van der Waals surface area contributed by atoms with Crippen molar-refractivity contribution in [2.75, 3.05) is 0 Å². The van der Waals surface area contributed by atoms with Crippen LogP contribution >= 0.6 is 0 Å². The lowest BCUT2D eigenvalue weighted by Crippen LogP contribution is -2.26. The minimum absolute atomic E-state index is 0.337. The van der Waals surface area contributed by atoms with Crippen molar-refractivity contribution in [3.8, 4) is 67.0 Å². The Bertz CT molecular complexity index is 4120. The molecular weight excluding hydrogens is 1260 g/mol. The minimum Gasteiger partial charge on any atom is -0.256 e. The third-order valence-electron chi connectivity index (χ3n) is 17.2. The quantitative estimate of drug-likeness (QED) is 0.152. The van der Waals surface area contributed by atoms with Gasteiger partial charge < -0.3 is 0 Å². The van der Waals surface area contributed by atoms with E-state index in [1.807, 2.05) is 163 Å². The SMILES string of the molecule is CC.CC.CC.CC.CC.CC.CC.CC.CC.CC.CCC.CCC.CCC.CCC.c1ccc2c(c1)-c1cc3c(cc1C21c2ccccc2-c2ncccc21)Cc1c-3ccc2cccnc12.c1ccc2c(c1)-c1cc3c(cc1C21c2ccccc2-c2ncccc21)Cc1c-3cnc2ccccc12. The lowest BCUT2D eigenvalue weighted by atomic mass is 9.70. The highest BCUT2D eigenvalue weighted by Gasteiger charge is 2.54. The van der Waals surface area contributed by atoms with Gasteiger partial charge in [-0.25, -0.2) is 0 Å². The molecule has 552 valence electrons. The summed E-state index contributed by atoms with van der Waals surface area (Å²) in [4.78, 5) is 19.4. The molecule has 6 aliphatic carbocycles. The molecular formula is C100H132N4. The molecule has 4 aromatic heterocycles. The van der Waals surface area contributed by atoms with Gasteiger partial charge in [0.2, 0.25) is 0 Å². The minimum atomic E-state index is -0.337. The second-order valence-corrected chi connectivity index (χ2v) is 23.1. The molecule has 0 fully saturated rings. The van der Waals surface area contributed by atoms with Crippen molar-refractivity contribution in [3.05, 3.63) is 286 Å². The second-order valence-electron chi connectivity index (χ2n) is 23.1. The molecule has 0 bridgehead atoms. The van der Waals surface area contributed by atoms with E-state index in [4.69, 9.17) is 19.9 Å². The Hall–Kier alpha value is -9.12. The number of para-hydroxylation sites is 1. The van der Waals surface area contributed by atoms with Crippen LogP contribution in [0.15, 0.2) is 219 Å². The number of nitrogens with zero attached hydrogens (tertiary/aromatic N) is 4. The van der Waals surface area contributed by atoms with Crippen molar-refractivity contribution >= 4 is 21.8 Å². The summed E-state index contributed by atoms with van der Waals surface area (Å²) in [6, 6.07) is 71.5. The van der Waals surface area contributed by atoms with Crippen molar-refractivity contribution in [2.45, 2.75) is 243 Å². The third-order valence-corrected chi connectivity index (χ3v) is 17.2. The van der Waals surface area contributed by atoms with Crippen LogP contribution in [0.2, 0.25) is 0 Å². The average Bonchev–Trinajstić information content (AvgIpc) is 1.52. The maximum atomic E-state index is 4.90. The van der Waals surface area contributed by atoms with Crippen LogP contribution in [0, 0.1) is 0 Å². The summed E-state index contributed by atoms with van der Waals surface area (Å²) in [6.45, 7) is 57.0. The van der Waals surface area contributed by atoms with Crippen LogP contribution in [0.3, 0.4) is 0 Å². The highest BCUT2D eigenvalue weighted by molar-refractivity contribution is 6.01. The first kappa shape index (κ1) is 89.1. The van der Waals surface area contributed by atoms with E-state index >= 15 is 0 Å². The number of aromatic nitrogens is 4. The Labute approximate surface area is 633 Å². The molecule has 18 rings (SSSR count). The van der Waals surface area contributed by atoms with E-state index in [0.717, 1.165) is 35.3 Å². The first-order chi connectivity index (χ1) is 51.4. The van der Waals surface area contributed by atoms with Crippen LogP contribution < -0.4 is 0 Å². The van der Waals surface area contributed by atoms with Gasteiger partial charge in [-0.2, -0.15) is 0 Å². The van der Waals surface area contributed by atoms with Gasteiger partial charge >= 0.3 is 0 Å². The van der Waals surface area contributed by atoms with E-state index in [1.165, 1.54) is 159 Å². The van der Waals surface area contributed by atoms with Crippen LogP contribution in [-0.4, -0.2) is 19.9 Å². The summed E-state index contributed by atoms with van der Waals surface area (Å²) in [6.07, 6.45) is 14.7. The monoisotopic (exact) mass is 1390 g/mol. The van der Waals surface area contributed by atoms with Crippen LogP contribution in [-0.2, 0) is 23.7 Å². The molecule has 104 heavy (non-hydrogen) atoms. The smallest absolute Gasteiger partial charge is 0.0753 e. The van der Waals surface area contributed by atoms with Crippen molar-refractivity contribution in [1.29, 1.82) is 0 Å². The van der Waals surface area contributed by atoms with E-state index in [0.29, 0.717) is 0 Å². The van der Waals surface area contributed by atoms with E-state index in [9.17, 15) is 0 Å². The molecule has 6 aliphatic rings. The molecule has 8 aromatic carbocycles. The zero-order chi connectivity index (χ0) is 77.7. The molecule has 12 aromatic rings. The van der Waals surface area contributed by atoms with Crippen molar-refractivity contribution in [1.82, 2.24) is 19.9 Å². The fraction of sp³-hybridized carbons (Fsp3) is 0.360. The first-order valence-corrected chi connectivity index (χ1v) is 40.8. The van der Waals surface area contributed by atoms with Crippen LogP contribution in [0.1, 0.15) is 286 Å². The van der Waals surface area contributed by atoms with E-state index in [2.05, 4.69) is 250 Å². The van der Waals surface area contributed by atoms with Crippen LogP contribution in [0.4, 0.5) is 0 Å². The molecule has 0 aliphatic heterocycles. The van der Waals surface area contributed by atoms with Crippen LogP contribution in [0.5, 0.6) is 0 Å². The number of benzene rings is 8. The Morgan fingerprint density at radius 3 is 1.03 bits per heavy atom. The molecule has 2 atom stereocenters. The third kappa shape index (κ3) is 16.7. The molecule has 0 saturated heterocycles. The number of hydrogen-bond acceptors (Lipinski definition) is 4. The van der Waals surface area contributed by atoms with Gasteiger partial charge in [-0.05, 0) is 149 Å². The van der Waals surface area contributed by atoms with Gasteiger partial charge in [-0.3, -0.25) is 19.9 Å². The number of hydrogen-bond donors (Lipinski definition) is 0. The fourth-order valence-electron chi connectivity index (χ4n) is 14.5. The molecule has 0 radical (unpaired) electrons. The number of rotatable bonds is 0. The lowest BCUT2D eigenvalue weighted by molar-refractivity contribution is 0.790. The molecule has 4 heteroatoms. The zero-order valence-corrected chi connectivity index (χ0v) is 69.8. The normalized spacial score (nSPS) is 13.3. The first-order valence-electron chi connectivity index (χ1n) is 40.8. The topological polar surface area (TPSA) is 51.6 Å².